The van der Waals surface area contributed by atoms with Crippen molar-refractivity contribution in [3.05, 3.63) is 23.8 Å². The van der Waals surface area contributed by atoms with Crippen LogP contribution in [0.3, 0.4) is 0 Å². The molecule has 0 aliphatic carbocycles. The number of likely N-dealkylation sites (tertiary alicyclic amines) is 1. The van der Waals surface area contributed by atoms with Crippen molar-refractivity contribution in [1.82, 2.24) is 10.2 Å². The summed E-state index contributed by atoms with van der Waals surface area (Å²) in [4.78, 5) is 14.4. The number of rotatable bonds is 10. The molecule has 2 saturated heterocycles. The third-order valence-electron chi connectivity index (χ3n) is 5.66. The molecule has 7 heteroatoms. The van der Waals surface area contributed by atoms with Crippen LogP contribution < -0.4 is 14.8 Å². The maximum Gasteiger partial charge on any atom is 0.234 e. The molecule has 2 aliphatic rings. The Balaban J connectivity index is 1.31. The number of nitrogens with zero attached hydrogens (tertiary/aromatic N) is 1. The second-order valence-corrected chi connectivity index (χ2v) is 7.89. The number of hydrogen-bond acceptors (Lipinski definition) is 6. The molecule has 0 bridgehead atoms. The summed E-state index contributed by atoms with van der Waals surface area (Å²) in [6.07, 6.45) is 4.46. The molecule has 1 N–H and O–H groups in total. The molecule has 29 heavy (non-hydrogen) atoms. The van der Waals surface area contributed by atoms with Crippen LogP contribution >= 0.6 is 0 Å². The molecule has 2 fully saturated rings. The minimum Gasteiger partial charge on any atom is -0.497 e. The second-order valence-electron chi connectivity index (χ2n) is 7.89. The zero-order valence-electron chi connectivity index (χ0n) is 17.7. The zero-order valence-corrected chi connectivity index (χ0v) is 17.7. The highest BCUT2D eigenvalue weighted by atomic mass is 16.5. The highest BCUT2D eigenvalue weighted by Crippen LogP contribution is 2.24. The number of carbonyl (C=O) groups is 1. The fraction of sp³-hybridized carbons (Fsp3) is 0.682. The van der Waals surface area contributed by atoms with E-state index in [1.54, 1.807) is 14.2 Å². The van der Waals surface area contributed by atoms with Gasteiger partial charge in [-0.25, -0.2) is 0 Å². The zero-order chi connectivity index (χ0) is 20.5. The molecule has 2 heterocycles. The molecule has 1 atom stereocenters. The van der Waals surface area contributed by atoms with Gasteiger partial charge in [-0.15, -0.1) is 0 Å². The lowest BCUT2D eigenvalue weighted by Gasteiger charge is -2.31. The predicted octanol–water partition coefficient (Wildman–Crippen LogP) is 2.23. The van der Waals surface area contributed by atoms with E-state index in [0.29, 0.717) is 25.6 Å². The van der Waals surface area contributed by atoms with Crippen LogP contribution in [0.5, 0.6) is 11.5 Å². The summed E-state index contributed by atoms with van der Waals surface area (Å²) in [7, 11) is 3.30. The average molecular weight is 407 g/mol. The first-order valence-corrected chi connectivity index (χ1v) is 10.6. The highest BCUT2D eigenvalue weighted by molar-refractivity contribution is 5.78. The number of carbonyl (C=O) groups excluding carboxylic acids is 1. The third-order valence-corrected chi connectivity index (χ3v) is 5.66. The number of amides is 1. The summed E-state index contributed by atoms with van der Waals surface area (Å²) in [5, 5.41) is 3.00. The molecule has 1 amide bonds. The van der Waals surface area contributed by atoms with Crippen LogP contribution in [0.4, 0.5) is 0 Å². The second kappa shape index (κ2) is 11.4. The van der Waals surface area contributed by atoms with Gasteiger partial charge in [-0.3, -0.25) is 9.69 Å². The van der Waals surface area contributed by atoms with Crippen LogP contribution in [0.1, 0.15) is 31.2 Å². The number of methoxy groups -OCH3 is 2. The fourth-order valence-electron chi connectivity index (χ4n) is 3.90. The third kappa shape index (κ3) is 7.17. The Morgan fingerprint density at radius 2 is 1.86 bits per heavy atom. The first-order valence-electron chi connectivity index (χ1n) is 10.6. The molecule has 0 spiro atoms. The van der Waals surface area contributed by atoms with E-state index in [-0.39, 0.29) is 12.0 Å². The SMILES string of the molecule is COc1cc(COCC2CCN(CC(=O)NCC3CCCO3)CC2)cc(OC)c1. The number of benzene rings is 1. The Kier molecular flexibility index (Phi) is 8.58. The van der Waals surface area contributed by atoms with Gasteiger partial charge in [-0.2, -0.15) is 0 Å². The Hall–Kier alpha value is -1.83. The summed E-state index contributed by atoms with van der Waals surface area (Å²) in [6.45, 7) is 5.09. The van der Waals surface area contributed by atoms with Gasteiger partial charge in [0.05, 0.1) is 33.5 Å². The van der Waals surface area contributed by atoms with Crippen molar-refractivity contribution in [3.8, 4) is 11.5 Å². The lowest BCUT2D eigenvalue weighted by atomic mass is 9.98. The molecule has 1 aromatic carbocycles. The summed E-state index contributed by atoms with van der Waals surface area (Å²) in [5.41, 5.74) is 1.04. The summed E-state index contributed by atoms with van der Waals surface area (Å²) in [6, 6.07) is 5.80. The molecule has 2 aliphatic heterocycles. The summed E-state index contributed by atoms with van der Waals surface area (Å²) < 4.78 is 22.1. The monoisotopic (exact) mass is 406 g/mol. The van der Waals surface area contributed by atoms with E-state index in [2.05, 4.69) is 10.2 Å². The van der Waals surface area contributed by atoms with E-state index in [4.69, 9.17) is 18.9 Å². The van der Waals surface area contributed by atoms with E-state index < -0.39 is 0 Å². The summed E-state index contributed by atoms with van der Waals surface area (Å²) >= 11 is 0. The van der Waals surface area contributed by atoms with Gasteiger partial charge < -0.3 is 24.3 Å². The minimum absolute atomic E-state index is 0.0992. The standard InChI is InChI=1S/C22H34N2O5/c1-26-20-10-18(11-21(12-20)27-2)16-28-15-17-5-7-24(8-6-17)14-22(25)23-13-19-4-3-9-29-19/h10-12,17,19H,3-9,13-16H2,1-2H3,(H,23,25). The average Bonchev–Trinajstić information content (AvgIpc) is 3.27. The molecule has 162 valence electrons. The van der Waals surface area contributed by atoms with Crippen LogP contribution in [0, 0.1) is 5.92 Å². The van der Waals surface area contributed by atoms with Crippen LogP contribution in [0.2, 0.25) is 0 Å². The Morgan fingerprint density at radius 3 is 2.48 bits per heavy atom. The van der Waals surface area contributed by atoms with Crippen molar-refractivity contribution in [1.29, 1.82) is 0 Å². The van der Waals surface area contributed by atoms with E-state index in [9.17, 15) is 4.79 Å². The first kappa shape index (κ1) is 21.9. The van der Waals surface area contributed by atoms with Crippen LogP contribution in [-0.4, -0.2) is 70.5 Å². The Labute approximate surface area is 173 Å². The highest BCUT2D eigenvalue weighted by Gasteiger charge is 2.22. The predicted molar refractivity (Wildman–Crippen MR) is 110 cm³/mol. The number of ether oxygens (including phenoxy) is 4. The van der Waals surface area contributed by atoms with E-state index in [0.717, 1.165) is 69.0 Å². The molecular weight excluding hydrogens is 372 g/mol. The summed E-state index contributed by atoms with van der Waals surface area (Å²) in [5.74, 6) is 2.18. The smallest absolute Gasteiger partial charge is 0.234 e. The van der Waals surface area contributed by atoms with Crippen LogP contribution in [-0.2, 0) is 20.9 Å². The van der Waals surface area contributed by atoms with Gasteiger partial charge in [0.1, 0.15) is 11.5 Å². The normalized spacial score (nSPS) is 20.6. The van der Waals surface area contributed by atoms with Gasteiger partial charge in [0.25, 0.3) is 0 Å². The van der Waals surface area contributed by atoms with Gasteiger partial charge >= 0.3 is 0 Å². The number of nitrogens with one attached hydrogen (secondary N) is 1. The van der Waals surface area contributed by atoms with Gasteiger partial charge in [0.2, 0.25) is 5.91 Å². The maximum atomic E-state index is 12.1. The van der Waals surface area contributed by atoms with Crippen molar-refractivity contribution >= 4 is 5.91 Å². The van der Waals surface area contributed by atoms with Crippen LogP contribution in [0.15, 0.2) is 18.2 Å². The lowest BCUT2D eigenvalue weighted by molar-refractivity contribution is -0.123. The molecule has 1 unspecified atom stereocenters. The van der Waals surface area contributed by atoms with Crippen molar-refractivity contribution in [2.45, 2.75) is 38.4 Å². The molecular formula is C22H34N2O5. The van der Waals surface area contributed by atoms with Gasteiger partial charge in [-0.1, -0.05) is 0 Å². The van der Waals surface area contributed by atoms with E-state index >= 15 is 0 Å². The quantitative estimate of drug-likeness (QED) is 0.643. The van der Waals surface area contributed by atoms with Gasteiger partial charge in [-0.05, 0) is 62.4 Å². The van der Waals surface area contributed by atoms with Crippen molar-refractivity contribution < 1.29 is 23.7 Å². The minimum atomic E-state index is 0.0992. The van der Waals surface area contributed by atoms with Crippen molar-refractivity contribution in [2.24, 2.45) is 5.92 Å². The van der Waals surface area contributed by atoms with Crippen molar-refractivity contribution in [3.63, 3.8) is 0 Å². The molecule has 3 rings (SSSR count). The largest absolute Gasteiger partial charge is 0.497 e. The van der Waals surface area contributed by atoms with E-state index in [1.165, 1.54) is 0 Å². The molecule has 0 saturated carbocycles. The van der Waals surface area contributed by atoms with Gasteiger partial charge in [0.15, 0.2) is 0 Å². The van der Waals surface area contributed by atoms with E-state index in [1.807, 2.05) is 18.2 Å². The van der Waals surface area contributed by atoms with Crippen LogP contribution in [0.25, 0.3) is 0 Å². The number of hydrogen-bond donors (Lipinski definition) is 1. The molecule has 0 aromatic heterocycles. The maximum absolute atomic E-state index is 12.1. The Morgan fingerprint density at radius 1 is 1.14 bits per heavy atom. The Bertz CT molecular complexity index is 618. The van der Waals surface area contributed by atoms with Gasteiger partial charge in [0, 0.05) is 25.8 Å². The topological polar surface area (TPSA) is 69.3 Å². The lowest BCUT2D eigenvalue weighted by Crippen LogP contribution is -2.43. The number of piperidine rings is 1. The fourth-order valence-corrected chi connectivity index (χ4v) is 3.90. The molecule has 0 radical (unpaired) electrons. The first-order chi connectivity index (χ1) is 14.2. The molecule has 1 aromatic rings. The van der Waals surface area contributed by atoms with Crippen molar-refractivity contribution in [2.75, 3.05) is 53.6 Å². The molecule has 7 nitrogen and oxygen atoms in total.